The molecule has 7 nitrogen and oxygen atoms in total. The molecule has 1 saturated heterocycles. The molecule has 3 aromatic heterocycles. The van der Waals surface area contributed by atoms with Gasteiger partial charge in [-0.3, -0.25) is 0 Å². The standard InChI is InChI=1S/C21H21FN4O3/c1-12-5-4-6-15(25-12)8-7-14-9-26(19-17(14)13(2)23-11-24-19)20-21(3,22)18(28)16(10-27)29-20/h4-6,9,11,16,18,20,27-28H,10H2,1-3H3/t16-,18-,20-,21-/m1/s1. The number of aryl methyl sites for hydroxylation is 2. The summed E-state index contributed by atoms with van der Waals surface area (Å²) in [5, 5.41) is 20.3. The molecule has 1 aliphatic rings. The molecule has 1 fully saturated rings. The summed E-state index contributed by atoms with van der Waals surface area (Å²) in [6.07, 6.45) is -0.633. The third-order valence-electron chi connectivity index (χ3n) is 5.16. The second kappa shape index (κ2) is 7.19. The maximum atomic E-state index is 15.3. The van der Waals surface area contributed by atoms with E-state index in [9.17, 15) is 10.2 Å². The van der Waals surface area contributed by atoms with Crippen molar-refractivity contribution in [1.82, 2.24) is 19.5 Å². The lowest BCUT2D eigenvalue weighted by atomic mass is 9.98. The first-order chi connectivity index (χ1) is 13.8. The molecule has 4 atom stereocenters. The molecule has 1 aliphatic heterocycles. The van der Waals surface area contributed by atoms with Gasteiger partial charge in [-0.2, -0.15) is 0 Å². The maximum absolute atomic E-state index is 15.3. The van der Waals surface area contributed by atoms with Crippen LogP contribution in [0.1, 0.15) is 35.8 Å². The smallest absolute Gasteiger partial charge is 0.181 e. The van der Waals surface area contributed by atoms with E-state index < -0.39 is 30.7 Å². The van der Waals surface area contributed by atoms with Crippen molar-refractivity contribution in [2.24, 2.45) is 0 Å². The fraction of sp³-hybridized carbons (Fsp3) is 0.381. The van der Waals surface area contributed by atoms with Crippen LogP contribution in [0.5, 0.6) is 0 Å². The van der Waals surface area contributed by atoms with Gasteiger partial charge in [-0.25, -0.2) is 19.3 Å². The molecule has 0 saturated carbocycles. The number of hydrogen-bond acceptors (Lipinski definition) is 6. The molecule has 4 rings (SSSR count). The molecule has 3 aromatic rings. The molecule has 0 unspecified atom stereocenters. The summed E-state index contributed by atoms with van der Waals surface area (Å²) in [6, 6.07) is 5.57. The van der Waals surface area contributed by atoms with Crippen molar-refractivity contribution in [2.75, 3.05) is 6.61 Å². The Morgan fingerprint density at radius 2 is 2.07 bits per heavy atom. The Morgan fingerprint density at radius 1 is 1.28 bits per heavy atom. The van der Waals surface area contributed by atoms with Crippen molar-refractivity contribution in [3.63, 3.8) is 0 Å². The van der Waals surface area contributed by atoms with Crippen molar-refractivity contribution in [2.45, 2.75) is 44.9 Å². The fourth-order valence-corrected chi connectivity index (χ4v) is 3.62. The van der Waals surface area contributed by atoms with Crippen LogP contribution in [0.3, 0.4) is 0 Å². The lowest BCUT2D eigenvalue weighted by Crippen LogP contribution is -2.40. The third-order valence-corrected chi connectivity index (χ3v) is 5.16. The predicted molar refractivity (Wildman–Crippen MR) is 104 cm³/mol. The number of alkyl halides is 1. The number of halogens is 1. The van der Waals surface area contributed by atoms with Gasteiger partial charge in [0.05, 0.1) is 23.3 Å². The topological polar surface area (TPSA) is 93.3 Å². The van der Waals surface area contributed by atoms with Crippen molar-refractivity contribution >= 4 is 11.0 Å². The fourth-order valence-electron chi connectivity index (χ4n) is 3.62. The van der Waals surface area contributed by atoms with E-state index in [0.717, 1.165) is 5.69 Å². The van der Waals surface area contributed by atoms with E-state index in [2.05, 4.69) is 26.8 Å². The highest BCUT2D eigenvalue weighted by atomic mass is 19.1. The summed E-state index contributed by atoms with van der Waals surface area (Å²) in [5.41, 5.74) is 1.08. The molecule has 150 valence electrons. The minimum absolute atomic E-state index is 0.443. The minimum Gasteiger partial charge on any atom is -0.394 e. The molecule has 0 bridgehead atoms. The Hall–Kier alpha value is -2.86. The first kappa shape index (κ1) is 19.5. The van der Waals surface area contributed by atoms with Gasteiger partial charge in [-0.15, -0.1) is 0 Å². The van der Waals surface area contributed by atoms with Crippen molar-refractivity contribution < 1.29 is 19.3 Å². The van der Waals surface area contributed by atoms with E-state index in [-0.39, 0.29) is 0 Å². The summed E-state index contributed by atoms with van der Waals surface area (Å²) in [6.45, 7) is 4.47. The summed E-state index contributed by atoms with van der Waals surface area (Å²) in [5.74, 6) is 6.10. The van der Waals surface area contributed by atoms with E-state index in [0.29, 0.717) is 28.0 Å². The Morgan fingerprint density at radius 3 is 2.76 bits per heavy atom. The quantitative estimate of drug-likeness (QED) is 0.642. The Labute approximate surface area is 167 Å². The molecule has 4 heterocycles. The average molecular weight is 396 g/mol. The van der Waals surface area contributed by atoms with Gasteiger partial charge in [-0.05, 0) is 38.8 Å². The van der Waals surface area contributed by atoms with E-state index >= 15 is 4.39 Å². The average Bonchev–Trinajstić information content (AvgIpc) is 3.16. The normalized spacial score (nSPS) is 26.5. The zero-order valence-electron chi connectivity index (χ0n) is 16.3. The largest absolute Gasteiger partial charge is 0.394 e. The number of nitrogens with zero attached hydrogens (tertiary/aromatic N) is 4. The number of ether oxygens (including phenoxy) is 1. The zero-order valence-corrected chi connectivity index (χ0v) is 16.3. The lowest BCUT2D eigenvalue weighted by molar-refractivity contribution is -0.0564. The minimum atomic E-state index is -2.12. The molecule has 0 aliphatic carbocycles. The number of rotatable bonds is 2. The van der Waals surface area contributed by atoms with Gasteiger partial charge < -0.3 is 19.5 Å². The number of aliphatic hydroxyl groups excluding tert-OH is 2. The zero-order chi connectivity index (χ0) is 20.8. The van der Waals surface area contributed by atoms with Gasteiger partial charge in [0.25, 0.3) is 0 Å². The van der Waals surface area contributed by atoms with Gasteiger partial charge in [0, 0.05) is 11.9 Å². The molecular weight excluding hydrogens is 375 g/mol. The molecule has 29 heavy (non-hydrogen) atoms. The van der Waals surface area contributed by atoms with Crippen LogP contribution < -0.4 is 0 Å². The van der Waals surface area contributed by atoms with Crippen LogP contribution >= 0.6 is 0 Å². The van der Waals surface area contributed by atoms with Crippen LogP contribution in [-0.2, 0) is 4.74 Å². The van der Waals surface area contributed by atoms with Crippen molar-refractivity contribution in [1.29, 1.82) is 0 Å². The highest BCUT2D eigenvalue weighted by Gasteiger charge is 2.55. The highest BCUT2D eigenvalue weighted by molar-refractivity contribution is 5.86. The Bertz CT molecular complexity index is 1130. The second-order valence-corrected chi connectivity index (χ2v) is 7.33. The molecule has 8 heteroatoms. The summed E-state index contributed by atoms with van der Waals surface area (Å²) in [4.78, 5) is 12.9. The van der Waals surface area contributed by atoms with Gasteiger partial charge in [-0.1, -0.05) is 12.0 Å². The first-order valence-electron chi connectivity index (χ1n) is 9.24. The van der Waals surface area contributed by atoms with Gasteiger partial charge in [0.1, 0.15) is 29.9 Å². The highest BCUT2D eigenvalue weighted by Crippen LogP contribution is 2.43. The lowest BCUT2D eigenvalue weighted by Gasteiger charge is -2.25. The second-order valence-electron chi connectivity index (χ2n) is 7.33. The van der Waals surface area contributed by atoms with Crippen LogP contribution in [-0.4, -0.2) is 54.2 Å². The Kier molecular flexibility index (Phi) is 4.82. The van der Waals surface area contributed by atoms with E-state index in [1.165, 1.54) is 17.8 Å². The molecule has 0 aromatic carbocycles. The molecular formula is C21H21FN4O3. The van der Waals surface area contributed by atoms with Crippen molar-refractivity contribution in [3.8, 4) is 11.8 Å². The third kappa shape index (κ3) is 3.27. The Balaban J connectivity index is 1.85. The molecule has 2 N–H and O–H groups in total. The SMILES string of the molecule is Cc1cccc(C#Cc2cn([C@@H]3O[C@H](CO)[C@@H](O)[C@@]3(C)F)c3ncnc(C)c23)n1. The molecule has 0 radical (unpaired) electrons. The number of fused-ring (bicyclic) bond motifs is 1. The van der Waals surface area contributed by atoms with Crippen LogP contribution in [0.2, 0.25) is 0 Å². The van der Waals surface area contributed by atoms with E-state index in [1.54, 1.807) is 6.20 Å². The van der Waals surface area contributed by atoms with Gasteiger partial charge in [0.2, 0.25) is 0 Å². The predicted octanol–water partition coefficient (Wildman–Crippen LogP) is 1.82. The van der Waals surface area contributed by atoms with Crippen LogP contribution in [0.25, 0.3) is 11.0 Å². The van der Waals surface area contributed by atoms with Gasteiger partial charge in [0.15, 0.2) is 11.9 Å². The van der Waals surface area contributed by atoms with Gasteiger partial charge >= 0.3 is 0 Å². The molecule has 0 amide bonds. The summed E-state index contributed by atoms with van der Waals surface area (Å²) >= 11 is 0. The summed E-state index contributed by atoms with van der Waals surface area (Å²) < 4.78 is 22.5. The van der Waals surface area contributed by atoms with Crippen LogP contribution in [0, 0.1) is 25.7 Å². The number of aromatic nitrogens is 4. The van der Waals surface area contributed by atoms with E-state index in [4.69, 9.17) is 4.74 Å². The van der Waals surface area contributed by atoms with Crippen LogP contribution in [0.4, 0.5) is 4.39 Å². The maximum Gasteiger partial charge on any atom is 0.181 e. The summed E-state index contributed by atoms with van der Waals surface area (Å²) in [7, 11) is 0. The number of aliphatic hydroxyl groups is 2. The number of pyridine rings is 1. The van der Waals surface area contributed by atoms with Crippen molar-refractivity contribution in [3.05, 3.63) is 53.4 Å². The first-order valence-corrected chi connectivity index (χ1v) is 9.24. The monoisotopic (exact) mass is 396 g/mol. The number of hydrogen-bond donors (Lipinski definition) is 2. The van der Waals surface area contributed by atoms with Crippen LogP contribution in [0.15, 0.2) is 30.7 Å². The molecule has 0 spiro atoms. The van der Waals surface area contributed by atoms with E-state index in [1.807, 2.05) is 32.0 Å².